The number of non-ortho nitro benzene ring substituents is 1. The van der Waals surface area contributed by atoms with E-state index in [0.29, 0.717) is 28.2 Å². The zero-order valence-electron chi connectivity index (χ0n) is 15.4. The largest absolute Gasteiger partial charge is 0.479 e. The number of ether oxygens (including phenoxy) is 3. The van der Waals surface area contributed by atoms with Gasteiger partial charge in [-0.3, -0.25) is 14.9 Å². The molecule has 8 nitrogen and oxygen atoms in total. The molecule has 0 saturated heterocycles. The monoisotopic (exact) mass is 383 g/mol. The minimum atomic E-state index is -0.820. The molecule has 2 aromatic carbocycles. The summed E-state index contributed by atoms with van der Waals surface area (Å²) in [5.41, 5.74) is 1.39. The second-order valence-corrected chi connectivity index (χ2v) is 6.19. The molecular formula is C20H17NO7. The number of nitro benzene ring substituents is 1. The van der Waals surface area contributed by atoms with Crippen LogP contribution in [-0.4, -0.2) is 29.9 Å². The number of nitrogens with zero attached hydrogens (tertiary/aromatic N) is 1. The van der Waals surface area contributed by atoms with Gasteiger partial charge in [0.1, 0.15) is 11.5 Å². The first-order valence-electron chi connectivity index (χ1n) is 8.38. The molecule has 8 heteroatoms. The summed E-state index contributed by atoms with van der Waals surface area (Å²) in [5, 5.41) is 10.9. The number of Topliss-reactive ketones (excluding diaryl/α,β-unsaturated/α-hetero) is 1. The van der Waals surface area contributed by atoms with Gasteiger partial charge in [-0.25, -0.2) is 4.79 Å². The van der Waals surface area contributed by atoms with Crippen LogP contribution in [0.1, 0.15) is 28.4 Å². The maximum absolute atomic E-state index is 12.7. The smallest absolute Gasteiger partial charge is 0.346 e. The second-order valence-electron chi connectivity index (χ2n) is 6.19. The van der Waals surface area contributed by atoms with E-state index in [2.05, 4.69) is 4.74 Å². The zero-order valence-corrected chi connectivity index (χ0v) is 15.4. The van der Waals surface area contributed by atoms with Crippen molar-refractivity contribution in [1.82, 2.24) is 0 Å². The van der Waals surface area contributed by atoms with E-state index in [9.17, 15) is 19.7 Å². The first-order chi connectivity index (χ1) is 13.3. The van der Waals surface area contributed by atoms with Gasteiger partial charge in [0.05, 0.1) is 17.6 Å². The number of esters is 1. The third-order valence-electron chi connectivity index (χ3n) is 4.17. The van der Waals surface area contributed by atoms with Crippen molar-refractivity contribution < 1.29 is 28.7 Å². The van der Waals surface area contributed by atoms with Crippen molar-refractivity contribution in [2.45, 2.75) is 20.0 Å². The summed E-state index contributed by atoms with van der Waals surface area (Å²) in [5.74, 6) is -0.142. The maximum atomic E-state index is 12.7. The van der Waals surface area contributed by atoms with Crippen LogP contribution in [0.15, 0.2) is 42.2 Å². The van der Waals surface area contributed by atoms with Crippen molar-refractivity contribution in [3.63, 3.8) is 0 Å². The number of carbonyl (C=O) groups is 2. The predicted octanol–water partition coefficient (Wildman–Crippen LogP) is 3.46. The topological polar surface area (TPSA) is 105 Å². The Morgan fingerprint density at radius 2 is 2.04 bits per heavy atom. The average molecular weight is 383 g/mol. The normalized spacial score (nSPS) is 15.0. The van der Waals surface area contributed by atoms with Gasteiger partial charge in [0, 0.05) is 18.2 Å². The third kappa shape index (κ3) is 3.71. The van der Waals surface area contributed by atoms with Crippen LogP contribution < -0.4 is 9.47 Å². The Labute approximate surface area is 160 Å². The first-order valence-corrected chi connectivity index (χ1v) is 8.38. The van der Waals surface area contributed by atoms with Gasteiger partial charge in [-0.2, -0.15) is 0 Å². The van der Waals surface area contributed by atoms with E-state index in [1.165, 1.54) is 37.5 Å². The predicted molar refractivity (Wildman–Crippen MR) is 99.3 cm³/mol. The van der Waals surface area contributed by atoms with Crippen LogP contribution in [-0.2, 0) is 9.53 Å². The molecule has 0 bridgehead atoms. The molecule has 1 unspecified atom stereocenters. The number of allylic oxidation sites excluding steroid dienone is 1. The highest BCUT2D eigenvalue weighted by atomic mass is 16.6. The van der Waals surface area contributed by atoms with E-state index in [1.807, 2.05) is 0 Å². The van der Waals surface area contributed by atoms with Crippen molar-refractivity contribution in [3.05, 3.63) is 69.0 Å². The number of nitro groups is 1. The highest BCUT2D eigenvalue weighted by Gasteiger charge is 2.30. The van der Waals surface area contributed by atoms with Gasteiger partial charge in [0.15, 0.2) is 11.9 Å². The molecule has 2 aromatic rings. The van der Waals surface area contributed by atoms with Crippen molar-refractivity contribution in [1.29, 1.82) is 0 Å². The number of benzene rings is 2. The molecule has 3 rings (SSSR count). The van der Waals surface area contributed by atoms with Crippen LogP contribution >= 0.6 is 0 Å². The molecule has 0 N–H and O–H groups in total. The number of fused-ring (bicyclic) bond motifs is 1. The van der Waals surface area contributed by atoms with Gasteiger partial charge in [0.2, 0.25) is 5.78 Å². The Hall–Kier alpha value is -3.68. The molecule has 0 spiro atoms. The van der Waals surface area contributed by atoms with Crippen molar-refractivity contribution in [2.24, 2.45) is 0 Å². The Kier molecular flexibility index (Phi) is 5.12. The second kappa shape index (κ2) is 7.51. The van der Waals surface area contributed by atoms with Crippen molar-refractivity contribution in [3.8, 4) is 11.5 Å². The third-order valence-corrected chi connectivity index (χ3v) is 4.17. The molecule has 0 aliphatic carbocycles. The number of aryl methyl sites for hydroxylation is 1. The van der Waals surface area contributed by atoms with Crippen LogP contribution in [0.25, 0.3) is 6.08 Å². The molecule has 144 valence electrons. The minimum Gasteiger partial charge on any atom is -0.479 e. The molecule has 0 saturated carbocycles. The molecule has 0 amide bonds. The van der Waals surface area contributed by atoms with E-state index >= 15 is 0 Å². The lowest BCUT2D eigenvalue weighted by atomic mass is 10.0. The van der Waals surface area contributed by atoms with Gasteiger partial charge in [-0.05, 0) is 37.1 Å². The zero-order chi connectivity index (χ0) is 20.4. The fraction of sp³-hybridized carbons (Fsp3) is 0.200. The van der Waals surface area contributed by atoms with E-state index in [1.54, 1.807) is 26.0 Å². The summed E-state index contributed by atoms with van der Waals surface area (Å²) in [6.07, 6.45) is 0.631. The van der Waals surface area contributed by atoms with E-state index in [0.717, 1.165) is 0 Å². The van der Waals surface area contributed by atoms with E-state index in [4.69, 9.17) is 9.47 Å². The molecule has 1 aliphatic heterocycles. The standard InChI is InChI=1S/C20H17NO7/c1-11-7-15(27-12(2)20(23)26-3)10-16-18(11)19(22)17(28-16)9-13-5-4-6-14(8-13)21(24)25/h4-10,12H,1-3H3/b17-9-. The lowest BCUT2D eigenvalue weighted by molar-refractivity contribution is -0.384. The van der Waals surface area contributed by atoms with Gasteiger partial charge >= 0.3 is 5.97 Å². The summed E-state index contributed by atoms with van der Waals surface area (Å²) in [7, 11) is 1.27. The number of carbonyl (C=O) groups excluding carboxylic acids is 2. The molecule has 1 heterocycles. The fourth-order valence-electron chi connectivity index (χ4n) is 2.84. The summed E-state index contributed by atoms with van der Waals surface area (Å²) >= 11 is 0. The van der Waals surface area contributed by atoms with Crippen molar-refractivity contribution in [2.75, 3.05) is 7.11 Å². The van der Waals surface area contributed by atoms with Gasteiger partial charge < -0.3 is 14.2 Å². The Bertz CT molecular complexity index is 1010. The molecule has 1 aliphatic rings. The van der Waals surface area contributed by atoms with Crippen LogP contribution in [0.4, 0.5) is 5.69 Å². The summed E-state index contributed by atoms with van der Waals surface area (Å²) in [6, 6.07) is 9.04. The number of rotatable bonds is 5. The van der Waals surface area contributed by atoms with E-state index in [-0.39, 0.29) is 17.2 Å². The fourth-order valence-corrected chi connectivity index (χ4v) is 2.84. The van der Waals surface area contributed by atoms with Crippen LogP contribution in [0.3, 0.4) is 0 Å². The Morgan fingerprint density at radius 3 is 2.71 bits per heavy atom. The van der Waals surface area contributed by atoms with E-state index < -0.39 is 17.0 Å². The first kappa shape index (κ1) is 19.1. The average Bonchev–Trinajstić information content (AvgIpc) is 2.96. The summed E-state index contributed by atoms with van der Waals surface area (Å²) in [4.78, 5) is 34.6. The maximum Gasteiger partial charge on any atom is 0.346 e. The van der Waals surface area contributed by atoms with Gasteiger partial charge in [-0.15, -0.1) is 0 Å². The van der Waals surface area contributed by atoms with Crippen LogP contribution in [0.5, 0.6) is 11.5 Å². The number of hydrogen-bond acceptors (Lipinski definition) is 7. The molecule has 0 radical (unpaired) electrons. The lowest BCUT2D eigenvalue weighted by Crippen LogP contribution is -2.24. The molecule has 28 heavy (non-hydrogen) atoms. The molecular weight excluding hydrogens is 366 g/mol. The van der Waals surface area contributed by atoms with Gasteiger partial charge in [-0.1, -0.05) is 12.1 Å². The highest BCUT2D eigenvalue weighted by Crippen LogP contribution is 2.38. The molecule has 1 atom stereocenters. The lowest BCUT2D eigenvalue weighted by Gasteiger charge is -2.13. The number of ketones is 1. The summed E-state index contributed by atoms with van der Waals surface area (Å²) in [6.45, 7) is 3.28. The van der Waals surface area contributed by atoms with Gasteiger partial charge in [0.25, 0.3) is 5.69 Å². The molecule has 0 fully saturated rings. The minimum absolute atomic E-state index is 0.0526. The SMILES string of the molecule is COC(=O)C(C)Oc1cc(C)c2c(c1)O/C(=C\c1cccc([N+](=O)[O-])c1)C2=O. The quantitative estimate of drug-likeness (QED) is 0.337. The summed E-state index contributed by atoms with van der Waals surface area (Å²) < 4.78 is 15.8. The van der Waals surface area contributed by atoms with Crippen LogP contribution in [0, 0.1) is 17.0 Å². The Morgan fingerprint density at radius 1 is 1.29 bits per heavy atom. The Balaban J connectivity index is 1.90. The number of hydrogen-bond donors (Lipinski definition) is 0. The van der Waals surface area contributed by atoms with Crippen LogP contribution in [0.2, 0.25) is 0 Å². The van der Waals surface area contributed by atoms with Crippen molar-refractivity contribution >= 4 is 23.5 Å². The highest BCUT2D eigenvalue weighted by molar-refractivity contribution is 6.15. The number of methoxy groups -OCH3 is 1. The molecule has 0 aromatic heterocycles.